The minimum atomic E-state index is -0.693. The van der Waals surface area contributed by atoms with Gasteiger partial charge in [-0.2, -0.15) is 0 Å². The van der Waals surface area contributed by atoms with Crippen LogP contribution in [0.1, 0.15) is 36.0 Å². The first-order valence-corrected chi connectivity index (χ1v) is 6.57. The average Bonchev–Trinajstić information content (AvgIpc) is 2.39. The predicted octanol–water partition coefficient (Wildman–Crippen LogP) is 1.79. The summed E-state index contributed by atoms with van der Waals surface area (Å²) in [6.07, 6.45) is 3.72. The van der Waals surface area contributed by atoms with Crippen LogP contribution in [0, 0.1) is 5.82 Å². The van der Waals surface area contributed by atoms with Crippen molar-refractivity contribution in [1.82, 2.24) is 10.6 Å². The van der Waals surface area contributed by atoms with Crippen LogP contribution in [-0.4, -0.2) is 30.1 Å². The molecule has 2 rings (SSSR count). The van der Waals surface area contributed by atoms with Gasteiger partial charge >= 0.3 is 0 Å². The van der Waals surface area contributed by atoms with Crippen molar-refractivity contribution in [3.8, 4) is 5.75 Å². The molecule has 1 aliphatic carbocycles. The van der Waals surface area contributed by atoms with E-state index in [0.29, 0.717) is 6.04 Å². The second-order valence-corrected chi connectivity index (χ2v) is 4.94. The highest BCUT2D eigenvalue weighted by Gasteiger charge is 2.24. The molecule has 1 saturated carbocycles. The number of amides is 1. The third-order valence-electron chi connectivity index (χ3n) is 3.69. The Morgan fingerprint density at radius 3 is 2.47 bits per heavy atom. The maximum absolute atomic E-state index is 13.5. The zero-order valence-corrected chi connectivity index (χ0v) is 10.9. The Labute approximate surface area is 112 Å². The average molecular weight is 266 g/mol. The number of hydrogen-bond acceptors (Lipinski definition) is 3. The predicted molar refractivity (Wildman–Crippen MR) is 70.6 cm³/mol. The summed E-state index contributed by atoms with van der Waals surface area (Å²) in [5.74, 6) is -1.55. The van der Waals surface area contributed by atoms with Gasteiger partial charge in [-0.05, 0) is 44.9 Å². The maximum atomic E-state index is 13.5. The Bertz CT molecular complexity index is 437. The molecule has 1 aliphatic rings. The van der Waals surface area contributed by atoms with Crippen LogP contribution in [0.15, 0.2) is 18.2 Å². The molecular formula is C14H19FN2O2. The van der Waals surface area contributed by atoms with Gasteiger partial charge in [0.25, 0.3) is 5.91 Å². The summed E-state index contributed by atoms with van der Waals surface area (Å²) in [4.78, 5) is 12.0. The van der Waals surface area contributed by atoms with Gasteiger partial charge in [0.15, 0.2) is 0 Å². The molecule has 1 aromatic rings. The van der Waals surface area contributed by atoms with Crippen LogP contribution in [0.3, 0.4) is 0 Å². The summed E-state index contributed by atoms with van der Waals surface area (Å²) in [5, 5.41) is 15.6. The van der Waals surface area contributed by atoms with E-state index in [9.17, 15) is 14.3 Å². The van der Waals surface area contributed by atoms with E-state index in [1.807, 2.05) is 7.05 Å². The van der Waals surface area contributed by atoms with Crippen LogP contribution in [0.4, 0.5) is 4.39 Å². The van der Waals surface area contributed by atoms with Crippen LogP contribution in [0.25, 0.3) is 0 Å². The van der Waals surface area contributed by atoms with E-state index in [1.54, 1.807) is 0 Å². The topological polar surface area (TPSA) is 61.4 Å². The Balaban J connectivity index is 1.98. The van der Waals surface area contributed by atoms with Crippen molar-refractivity contribution in [3.63, 3.8) is 0 Å². The second kappa shape index (κ2) is 6.02. The first-order valence-electron chi connectivity index (χ1n) is 6.57. The molecule has 0 atom stereocenters. The number of carbonyl (C=O) groups is 1. The van der Waals surface area contributed by atoms with Gasteiger partial charge in [0, 0.05) is 12.1 Å². The van der Waals surface area contributed by atoms with Crippen LogP contribution in [0.5, 0.6) is 5.75 Å². The highest BCUT2D eigenvalue weighted by Crippen LogP contribution is 2.22. The number of phenolic OH excluding ortho intramolecular Hbond substituents is 1. The number of hydrogen-bond donors (Lipinski definition) is 3. The van der Waals surface area contributed by atoms with Crippen LogP contribution < -0.4 is 10.6 Å². The van der Waals surface area contributed by atoms with E-state index in [2.05, 4.69) is 10.6 Å². The number of nitrogens with one attached hydrogen (secondary N) is 2. The Kier molecular flexibility index (Phi) is 4.37. The molecule has 1 aromatic carbocycles. The van der Waals surface area contributed by atoms with Crippen molar-refractivity contribution in [2.24, 2.45) is 0 Å². The van der Waals surface area contributed by atoms with Crippen molar-refractivity contribution >= 4 is 5.91 Å². The molecule has 1 fully saturated rings. The van der Waals surface area contributed by atoms with Gasteiger partial charge in [-0.3, -0.25) is 4.79 Å². The Morgan fingerprint density at radius 1 is 1.26 bits per heavy atom. The largest absolute Gasteiger partial charge is 0.507 e. The van der Waals surface area contributed by atoms with Gasteiger partial charge in [-0.1, -0.05) is 6.07 Å². The highest BCUT2D eigenvalue weighted by molar-refractivity contribution is 5.97. The quantitative estimate of drug-likeness (QED) is 0.781. The zero-order chi connectivity index (χ0) is 13.8. The fraction of sp³-hybridized carbons (Fsp3) is 0.500. The summed E-state index contributed by atoms with van der Waals surface area (Å²) in [5.41, 5.74) is -0.266. The second-order valence-electron chi connectivity index (χ2n) is 4.94. The van der Waals surface area contributed by atoms with Crippen LogP contribution >= 0.6 is 0 Å². The fourth-order valence-electron chi connectivity index (χ4n) is 2.52. The van der Waals surface area contributed by atoms with E-state index in [4.69, 9.17) is 0 Å². The normalized spacial score (nSPS) is 23.1. The lowest BCUT2D eigenvalue weighted by molar-refractivity contribution is 0.0917. The van der Waals surface area contributed by atoms with Crippen molar-refractivity contribution < 1.29 is 14.3 Å². The highest BCUT2D eigenvalue weighted by atomic mass is 19.1. The molecule has 0 radical (unpaired) electrons. The molecule has 0 bridgehead atoms. The number of carbonyl (C=O) groups excluding carboxylic acids is 1. The first-order chi connectivity index (χ1) is 9.11. The van der Waals surface area contributed by atoms with Crippen LogP contribution in [0.2, 0.25) is 0 Å². The Hall–Kier alpha value is -1.62. The van der Waals surface area contributed by atoms with Crippen molar-refractivity contribution in [2.45, 2.75) is 37.8 Å². The monoisotopic (exact) mass is 266 g/mol. The lowest BCUT2D eigenvalue weighted by atomic mass is 9.91. The van der Waals surface area contributed by atoms with Gasteiger partial charge in [0.1, 0.15) is 17.1 Å². The van der Waals surface area contributed by atoms with Gasteiger partial charge in [0.2, 0.25) is 0 Å². The molecule has 5 heteroatoms. The van der Waals surface area contributed by atoms with E-state index in [-0.39, 0.29) is 17.4 Å². The summed E-state index contributed by atoms with van der Waals surface area (Å²) in [6, 6.07) is 4.41. The number of aromatic hydroxyl groups is 1. The van der Waals surface area contributed by atoms with E-state index in [0.717, 1.165) is 25.7 Å². The SMILES string of the molecule is CNC1CCC(NC(=O)c2c(O)cccc2F)CC1. The van der Waals surface area contributed by atoms with Crippen molar-refractivity contribution in [3.05, 3.63) is 29.6 Å². The molecule has 0 aliphatic heterocycles. The standard InChI is InChI=1S/C14H19FN2O2/c1-16-9-5-7-10(8-6-9)17-14(19)13-11(15)3-2-4-12(13)18/h2-4,9-10,16,18H,5-8H2,1H3,(H,17,19). The molecule has 0 heterocycles. The first kappa shape index (κ1) is 13.8. The van der Waals surface area contributed by atoms with Crippen molar-refractivity contribution in [1.29, 1.82) is 0 Å². The van der Waals surface area contributed by atoms with E-state index < -0.39 is 11.7 Å². The van der Waals surface area contributed by atoms with E-state index >= 15 is 0 Å². The molecule has 0 unspecified atom stereocenters. The van der Waals surface area contributed by atoms with Crippen molar-refractivity contribution in [2.75, 3.05) is 7.05 Å². The third-order valence-corrected chi connectivity index (χ3v) is 3.69. The number of phenols is 1. The molecule has 3 N–H and O–H groups in total. The number of halogens is 1. The Morgan fingerprint density at radius 2 is 1.89 bits per heavy atom. The smallest absolute Gasteiger partial charge is 0.258 e. The minimum absolute atomic E-state index is 0.0520. The van der Waals surface area contributed by atoms with Gasteiger partial charge in [-0.25, -0.2) is 4.39 Å². The summed E-state index contributed by atoms with van der Waals surface area (Å²) < 4.78 is 13.5. The van der Waals surface area contributed by atoms with Gasteiger partial charge in [-0.15, -0.1) is 0 Å². The summed E-state index contributed by atoms with van der Waals surface area (Å²) >= 11 is 0. The number of benzene rings is 1. The number of rotatable bonds is 3. The summed E-state index contributed by atoms with van der Waals surface area (Å²) in [7, 11) is 1.93. The van der Waals surface area contributed by atoms with E-state index in [1.165, 1.54) is 18.2 Å². The maximum Gasteiger partial charge on any atom is 0.258 e. The molecule has 1 amide bonds. The minimum Gasteiger partial charge on any atom is -0.507 e. The lowest BCUT2D eigenvalue weighted by Crippen LogP contribution is -2.41. The van der Waals surface area contributed by atoms with Crippen LogP contribution in [-0.2, 0) is 0 Å². The molecule has 0 aromatic heterocycles. The molecule has 0 saturated heterocycles. The van der Waals surface area contributed by atoms with Gasteiger partial charge in [0.05, 0.1) is 0 Å². The van der Waals surface area contributed by atoms with Gasteiger partial charge < -0.3 is 15.7 Å². The molecular weight excluding hydrogens is 247 g/mol. The lowest BCUT2D eigenvalue weighted by Gasteiger charge is -2.28. The molecule has 4 nitrogen and oxygen atoms in total. The zero-order valence-electron chi connectivity index (χ0n) is 10.9. The summed E-state index contributed by atoms with van der Waals surface area (Å²) in [6.45, 7) is 0. The molecule has 0 spiro atoms. The third kappa shape index (κ3) is 3.23. The molecule has 19 heavy (non-hydrogen) atoms. The molecule has 104 valence electrons. The fourth-order valence-corrected chi connectivity index (χ4v) is 2.52.